The van der Waals surface area contributed by atoms with E-state index in [1.165, 1.54) is 14.2 Å². The Morgan fingerprint density at radius 3 is 1.67 bits per heavy atom. The fourth-order valence-corrected chi connectivity index (χ4v) is 7.81. The lowest BCUT2D eigenvalue weighted by molar-refractivity contribution is 0.0590. The number of hydrogen-bond acceptors (Lipinski definition) is 11. The maximum absolute atomic E-state index is 12.2. The number of hydrogen-bond donors (Lipinski definition) is 0. The quantitative estimate of drug-likeness (QED) is 0.0810. The molecule has 1 unspecified atom stereocenters. The van der Waals surface area contributed by atoms with Gasteiger partial charge in [-0.2, -0.15) is 4.98 Å². The number of methoxy groups -OCH3 is 3. The maximum Gasteiger partial charge on any atom is 0.338 e. The molecule has 16 heteroatoms. The van der Waals surface area contributed by atoms with Crippen LogP contribution in [0.1, 0.15) is 43.0 Å². The maximum atomic E-state index is 12.2. The van der Waals surface area contributed by atoms with Gasteiger partial charge in [-0.3, -0.25) is 4.21 Å². The van der Waals surface area contributed by atoms with E-state index >= 15 is 0 Å². The van der Waals surface area contributed by atoms with Gasteiger partial charge in [-0.25, -0.2) is 24.5 Å². The number of carbonyl (C=O) groups is 2. The summed E-state index contributed by atoms with van der Waals surface area (Å²) in [6.45, 7) is 1.30. The Bertz CT molecular complexity index is 2970. The molecule has 13 nitrogen and oxygen atoms in total. The zero-order chi connectivity index (χ0) is 44.6. The first-order chi connectivity index (χ1) is 30.5. The molecule has 0 bridgehead atoms. The summed E-state index contributed by atoms with van der Waals surface area (Å²) in [6, 6.07) is 30.6. The number of rotatable bonds is 13. The molecule has 4 heterocycles. The van der Waals surface area contributed by atoms with Crippen molar-refractivity contribution in [2.45, 2.75) is 18.0 Å². The average molecular weight is 905 g/mol. The molecule has 4 aromatic carbocycles. The van der Waals surface area contributed by atoms with Crippen molar-refractivity contribution in [3.05, 3.63) is 165 Å². The van der Waals surface area contributed by atoms with Gasteiger partial charge in [0.25, 0.3) is 0 Å². The second kappa shape index (κ2) is 20.2. The molecule has 0 saturated heterocycles. The molecular weight excluding hydrogens is 862 g/mol. The van der Waals surface area contributed by atoms with Crippen molar-refractivity contribution in [2.24, 2.45) is 0 Å². The van der Waals surface area contributed by atoms with E-state index in [0.717, 1.165) is 49.9 Å². The Labute approximate surface area is 376 Å². The molecule has 0 fully saturated rings. The Morgan fingerprint density at radius 2 is 1.17 bits per heavy atom. The molecular formula is C47H43Cl2N7O6S. The van der Waals surface area contributed by atoms with Crippen LogP contribution in [0.25, 0.3) is 33.4 Å². The van der Waals surface area contributed by atoms with Crippen LogP contribution in [0.15, 0.2) is 127 Å². The lowest BCUT2D eigenvalue weighted by Gasteiger charge is -2.17. The van der Waals surface area contributed by atoms with E-state index in [1.807, 2.05) is 69.9 Å². The summed E-state index contributed by atoms with van der Waals surface area (Å²) in [5.74, 6) is 1.28. The summed E-state index contributed by atoms with van der Waals surface area (Å²) in [6.07, 6.45) is 9.99. The fourth-order valence-electron chi connectivity index (χ4n) is 7.04. The van der Waals surface area contributed by atoms with E-state index in [9.17, 15) is 13.8 Å². The first-order valence-corrected chi connectivity index (χ1v) is 21.9. The molecule has 63 heavy (non-hydrogen) atoms. The number of carbonyl (C=O) groups excluding carboxylic acids is 2. The minimum absolute atomic E-state index is 0.295. The molecule has 1 atom stereocenters. The Morgan fingerprint density at radius 1 is 0.667 bits per heavy atom. The first kappa shape index (κ1) is 44.6. The fraction of sp³-hybridized carbons (Fsp3) is 0.191. The molecule has 322 valence electrons. The van der Waals surface area contributed by atoms with Crippen molar-refractivity contribution in [2.75, 3.05) is 52.7 Å². The summed E-state index contributed by atoms with van der Waals surface area (Å²) >= 11 is 12.1. The number of aromatic nitrogens is 6. The number of halogens is 2. The van der Waals surface area contributed by atoms with Crippen molar-refractivity contribution in [1.29, 1.82) is 0 Å². The summed E-state index contributed by atoms with van der Waals surface area (Å²) in [4.78, 5) is 43.8. The van der Waals surface area contributed by atoms with E-state index < -0.39 is 22.7 Å². The minimum Gasteiger partial charge on any atom is -0.465 e. The minimum atomic E-state index is -1.25. The number of anilines is 1. The number of benzene rings is 4. The normalized spacial score (nSPS) is 11.5. The Balaban J connectivity index is 0.000000190. The van der Waals surface area contributed by atoms with Crippen LogP contribution in [0.5, 0.6) is 0 Å². The predicted molar refractivity (Wildman–Crippen MR) is 246 cm³/mol. The van der Waals surface area contributed by atoms with Gasteiger partial charge in [-0.1, -0.05) is 47.5 Å². The van der Waals surface area contributed by atoms with Crippen LogP contribution in [0.3, 0.4) is 0 Å². The van der Waals surface area contributed by atoms with Crippen molar-refractivity contribution < 1.29 is 28.0 Å². The third kappa shape index (κ3) is 10.4. The van der Waals surface area contributed by atoms with E-state index in [1.54, 1.807) is 56.1 Å². The largest absolute Gasteiger partial charge is 0.465 e. The van der Waals surface area contributed by atoms with Crippen LogP contribution in [-0.4, -0.2) is 93.0 Å². The smallest absolute Gasteiger partial charge is 0.338 e. The molecule has 8 rings (SSSR count). The number of esters is 2. The summed E-state index contributed by atoms with van der Waals surface area (Å²) in [7, 11) is 5.09. The predicted octanol–water partition coefficient (Wildman–Crippen LogP) is 8.72. The molecule has 4 aromatic heterocycles. The van der Waals surface area contributed by atoms with E-state index in [0.29, 0.717) is 64.1 Å². The highest BCUT2D eigenvalue weighted by Crippen LogP contribution is 2.27. The summed E-state index contributed by atoms with van der Waals surface area (Å²) < 4.78 is 30.6. The summed E-state index contributed by atoms with van der Waals surface area (Å²) in [5, 5.41) is 3.39. The zero-order valence-electron chi connectivity index (χ0n) is 35.1. The molecule has 0 N–H and O–H groups in total. The van der Waals surface area contributed by atoms with Gasteiger partial charge in [0.05, 0.1) is 53.8 Å². The third-order valence-corrected chi connectivity index (χ3v) is 11.4. The molecule has 8 aromatic rings. The number of fused-ring (bicyclic) bond motifs is 2. The average Bonchev–Trinajstić information content (AvgIpc) is 3.93. The highest BCUT2D eigenvalue weighted by molar-refractivity contribution is 7.84. The van der Waals surface area contributed by atoms with Crippen LogP contribution >= 0.6 is 23.2 Å². The van der Waals surface area contributed by atoms with Gasteiger partial charge in [0.15, 0.2) is 0 Å². The SMILES string of the molecule is COC(=O)c1cc(Cl)ccc1Cc1ccc2c(ccn2-c2ccnc(S(C)=O)n2)c1.COCCN(C)c1nccc(-n2ccc3cc(Cc4ccc(Cl)cc4C(=O)OC)ccc32)n1. The highest BCUT2D eigenvalue weighted by Gasteiger charge is 2.16. The Hall–Kier alpha value is -6.45. The molecule has 0 radical (unpaired) electrons. The molecule has 0 aliphatic heterocycles. The van der Waals surface area contributed by atoms with Gasteiger partial charge >= 0.3 is 11.9 Å². The molecule has 0 aliphatic rings. The van der Waals surface area contributed by atoms with Gasteiger partial charge in [0.2, 0.25) is 11.1 Å². The van der Waals surface area contributed by atoms with Gasteiger partial charge in [-0.05, 0) is 108 Å². The monoisotopic (exact) mass is 903 g/mol. The van der Waals surface area contributed by atoms with Crippen molar-refractivity contribution in [3.63, 3.8) is 0 Å². The number of likely N-dealkylation sites (N-methyl/N-ethyl adjacent to an activating group) is 1. The second-order valence-electron chi connectivity index (χ2n) is 14.4. The van der Waals surface area contributed by atoms with Crippen molar-refractivity contribution in [3.8, 4) is 11.6 Å². The topological polar surface area (TPSA) is 144 Å². The summed E-state index contributed by atoms with van der Waals surface area (Å²) in [5.41, 5.74) is 6.78. The molecule has 0 aliphatic carbocycles. The first-order valence-electron chi connectivity index (χ1n) is 19.6. The van der Waals surface area contributed by atoms with Crippen molar-refractivity contribution >= 4 is 73.7 Å². The molecule has 0 spiro atoms. The van der Waals surface area contributed by atoms with E-state index in [4.69, 9.17) is 42.4 Å². The van der Waals surface area contributed by atoms with Gasteiger partial charge in [-0.15, -0.1) is 0 Å². The lowest BCUT2D eigenvalue weighted by Crippen LogP contribution is -2.24. The van der Waals surface area contributed by atoms with Crippen LogP contribution in [0, 0.1) is 0 Å². The Kier molecular flexibility index (Phi) is 14.3. The number of nitrogens with zero attached hydrogens (tertiary/aromatic N) is 7. The van der Waals surface area contributed by atoms with E-state index in [-0.39, 0.29) is 0 Å². The molecule has 0 amide bonds. The van der Waals surface area contributed by atoms with Crippen LogP contribution in [-0.2, 0) is 37.9 Å². The van der Waals surface area contributed by atoms with Crippen LogP contribution < -0.4 is 4.90 Å². The van der Waals surface area contributed by atoms with Gasteiger partial charge in [0, 0.05) is 72.6 Å². The van der Waals surface area contributed by atoms with Gasteiger partial charge in [0.1, 0.15) is 11.6 Å². The standard InChI is InChI=1S/C25H25ClN4O3.C22H18ClN3O3S/c1-29(12-13-32-2)25-27-10-8-23(28-25)30-11-9-19-15-17(4-7-22(19)30)14-18-5-6-20(26)16-21(18)24(31)33-3;1-29-21(27)18-13-17(23)5-4-15(18)11-14-3-6-19-16(12-14)8-10-26(19)20-7-9-24-22(25-20)30(2)28/h4-11,15-16H,12-14H2,1-3H3;3-10,12-13H,11H2,1-2H3. The lowest BCUT2D eigenvalue weighted by atomic mass is 9.99. The van der Waals surface area contributed by atoms with E-state index in [2.05, 4.69) is 45.3 Å². The highest BCUT2D eigenvalue weighted by atomic mass is 35.5. The van der Waals surface area contributed by atoms with Gasteiger partial charge < -0.3 is 28.2 Å². The van der Waals surface area contributed by atoms with Crippen molar-refractivity contribution in [1.82, 2.24) is 29.1 Å². The third-order valence-electron chi connectivity index (χ3n) is 10.2. The number of ether oxygens (including phenoxy) is 3. The second-order valence-corrected chi connectivity index (χ2v) is 16.5. The molecule has 0 saturated carbocycles. The van der Waals surface area contributed by atoms with Crippen LogP contribution in [0.4, 0.5) is 5.95 Å². The zero-order valence-corrected chi connectivity index (χ0v) is 37.4. The van der Waals surface area contributed by atoms with Crippen LogP contribution in [0.2, 0.25) is 10.0 Å².